The number of benzene rings is 1. The zero-order valence-corrected chi connectivity index (χ0v) is 13.4. The standard InChI is InChI=1S/C17H17ClF2N2O/c1-11-6-7-15(22(11)17(19)20)16(23)21-9-8-12(10-21)13-4-2-3-5-14(13)18/h2-7,12,17H,8-10H2,1H3/t12-/m1/s1. The van der Waals surface area contributed by atoms with Gasteiger partial charge >= 0.3 is 6.55 Å². The first-order chi connectivity index (χ1) is 11.0. The van der Waals surface area contributed by atoms with Crippen LogP contribution in [0.2, 0.25) is 5.02 Å². The summed E-state index contributed by atoms with van der Waals surface area (Å²) in [4.78, 5) is 14.2. The average molecular weight is 339 g/mol. The predicted molar refractivity (Wildman–Crippen MR) is 85.1 cm³/mol. The second-order valence-electron chi connectivity index (χ2n) is 5.77. The zero-order chi connectivity index (χ0) is 16.6. The first-order valence-corrected chi connectivity index (χ1v) is 7.86. The van der Waals surface area contributed by atoms with Crippen LogP contribution in [0.4, 0.5) is 8.78 Å². The first kappa shape index (κ1) is 16.0. The molecule has 0 unspecified atom stereocenters. The minimum absolute atomic E-state index is 0.0392. The molecule has 0 bridgehead atoms. The second kappa shape index (κ2) is 6.32. The molecule has 3 nitrogen and oxygen atoms in total. The van der Waals surface area contributed by atoms with E-state index in [0.29, 0.717) is 23.8 Å². The summed E-state index contributed by atoms with van der Waals surface area (Å²) in [5.74, 6) is -0.211. The van der Waals surface area contributed by atoms with Crippen molar-refractivity contribution in [2.45, 2.75) is 25.8 Å². The number of rotatable bonds is 3. The molecule has 1 aliphatic heterocycles. The quantitative estimate of drug-likeness (QED) is 0.810. The molecule has 0 aliphatic carbocycles. The van der Waals surface area contributed by atoms with E-state index in [1.807, 2.05) is 24.3 Å². The molecule has 1 atom stereocenters. The highest BCUT2D eigenvalue weighted by atomic mass is 35.5. The number of hydrogen-bond donors (Lipinski definition) is 0. The van der Waals surface area contributed by atoms with E-state index in [1.54, 1.807) is 17.9 Å². The molecule has 3 rings (SSSR count). The molecule has 122 valence electrons. The average Bonchev–Trinajstić information content (AvgIpc) is 3.13. The Morgan fingerprint density at radius 2 is 2.00 bits per heavy atom. The smallest absolute Gasteiger partial charge is 0.319 e. The van der Waals surface area contributed by atoms with Crippen molar-refractivity contribution in [2.24, 2.45) is 0 Å². The summed E-state index contributed by atoms with van der Waals surface area (Å²) in [6.45, 7) is -0.108. The molecule has 1 amide bonds. The van der Waals surface area contributed by atoms with Crippen molar-refractivity contribution >= 4 is 17.5 Å². The molecule has 0 N–H and O–H groups in total. The van der Waals surface area contributed by atoms with E-state index in [-0.39, 0.29) is 17.5 Å². The van der Waals surface area contributed by atoms with Crippen LogP contribution in [0.15, 0.2) is 36.4 Å². The molecule has 6 heteroatoms. The number of alkyl halides is 2. The number of likely N-dealkylation sites (tertiary alicyclic amines) is 1. The number of carbonyl (C=O) groups excluding carboxylic acids is 1. The van der Waals surface area contributed by atoms with Crippen molar-refractivity contribution in [3.63, 3.8) is 0 Å². The molecule has 1 aromatic heterocycles. The van der Waals surface area contributed by atoms with E-state index in [0.717, 1.165) is 16.6 Å². The lowest BCUT2D eigenvalue weighted by atomic mass is 9.98. The van der Waals surface area contributed by atoms with Gasteiger partial charge in [-0.05, 0) is 37.1 Å². The maximum Gasteiger partial charge on any atom is 0.319 e. The Morgan fingerprint density at radius 1 is 1.26 bits per heavy atom. The second-order valence-corrected chi connectivity index (χ2v) is 6.17. The SMILES string of the molecule is Cc1ccc(C(=O)N2CC[C@@H](c3ccccc3Cl)C2)n1C(F)F. The minimum atomic E-state index is -2.72. The van der Waals surface area contributed by atoms with Crippen LogP contribution < -0.4 is 0 Å². The molecular weight excluding hydrogens is 322 g/mol. The van der Waals surface area contributed by atoms with Crippen LogP contribution in [-0.4, -0.2) is 28.5 Å². The summed E-state index contributed by atoms with van der Waals surface area (Å²) in [7, 11) is 0. The van der Waals surface area contributed by atoms with E-state index in [9.17, 15) is 13.6 Å². The Bertz CT molecular complexity index is 729. The van der Waals surface area contributed by atoms with Crippen molar-refractivity contribution in [3.8, 4) is 0 Å². The Kier molecular flexibility index (Phi) is 4.39. The Hall–Kier alpha value is -1.88. The highest BCUT2D eigenvalue weighted by molar-refractivity contribution is 6.31. The van der Waals surface area contributed by atoms with Gasteiger partial charge in [-0.3, -0.25) is 9.36 Å². The number of amides is 1. The molecule has 1 aromatic carbocycles. The lowest BCUT2D eigenvalue weighted by Crippen LogP contribution is -2.30. The fourth-order valence-corrected chi connectivity index (χ4v) is 3.44. The van der Waals surface area contributed by atoms with Gasteiger partial charge in [-0.2, -0.15) is 8.78 Å². The summed E-state index contributed by atoms with van der Waals surface area (Å²) in [6, 6.07) is 10.6. The molecule has 2 aromatic rings. The van der Waals surface area contributed by atoms with Gasteiger partial charge in [-0.25, -0.2) is 0 Å². The van der Waals surface area contributed by atoms with Crippen LogP contribution in [0.3, 0.4) is 0 Å². The summed E-state index contributed by atoms with van der Waals surface area (Å²) >= 11 is 6.21. The topological polar surface area (TPSA) is 25.2 Å². The van der Waals surface area contributed by atoms with Crippen molar-refractivity contribution < 1.29 is 13.6 Å². The third-order valence-corrected chi connectivity index (χ3v) is 4.70. The van der Waals surface area contributed by atoms with Gasteiger partial charge in [0.15, 0.2) is 0 Å². The minimum Gasteiger partial charge on any atom is -0.337 e. The maximum absolute atomic E-state index is 13.1. The summed E-state index contributed by atoms with van der Waals surface area (Å²) in [5.41, 5.74) is 1.42. The van der Waals surface area contributed by atoms with Crippen molar-refractivity contribution in [2.75, 3.05) is 13.1 Å². The van der Waals surface area contributed by atoms with E-state index in [2.05, 4.69) is 0 Å². The summed E-state index contributed by atoms with van der Waals surface area (Å²) in [6.07, 6.45) is 0.782. The largest absolute Gasteiger partial charge is 0.337 e. The summed E-state index contributed by atoms with van der Waals surface area (Å²) in [5, 5.41) is 0.679. The van der Waals surface area contributed by atoms with E-state index >= 15 is 0 Å². The van der Waals surface area contributed by atoms with Crippen LogP contribution in [0.5, 0.6) is 0 Å². The third kappa shape index (κ3) is 2.98. The maximum atomic E-state index is 13.1. The first-order valence-electron chi connectivity index (χ1n) is 7.48. The zero-order valence-electron chi connectivity index (χ0n) is 12.7. The molecule has 23 heavy (non-hydrogen) atoms. The monoisotopic (exact) mass is 338 g/mol. The van der Waals surface area contributed by atoms with Gasteiger partial charge in [0.1, 0.15) is 5.69 Å². The Labute approximate surface area is 138 Å². The van der Waals surface area contributed by atoms with Gasteiger partial charge in [0.05, 0.1) is 0 Å². The fraction of sp³-hybridized carbons (Fsp3) is 0.353. The molecule has 1 fully saturated rings. The van der Waals surface area contributed by atoms with E-state index in [1.165, 1.54) is 6.07 Å². The van der Waals surface area contributed by atoms with Gasteiger partial charge in [-0.15, -0.1) is 0 Å². The van der Waals surface area contributed by atoms with Gasteiger partial charge in [0.2, 0.25) is 0 Å². The lowest BCUT2D eigenvalue weighted by Gasteiger charge is -2.19. The highest BCUT2D eigenvalue weighted by Crippen LogP contribution is 2.33. The van der Waals surface area contributed by atoms with Gasteiger partial charge < -0.3 is 4.90 Å². The van der Waals surface area contributed by atoms with Crippen LogP contribution in [0, 0.1) is 6.92 Å². The number of carbonyl (C=O) groups is 1. The highest BCUT2D eigenvalue weighted by Gasteiger charge is 2.31. The van der Waals surface area contributed by atoms with Crippen LogP contribution in [0.1, 0.15) is 40.6 Å². The van der Waals surface area contributed by atoms with Crippen molar-refractivity contribution in [3.05, 3.63) is 58.4 Å². The van der Waals surface area contributed by atoms with Gasteiger partial charge in [0, 0.05) is 29.7 Å². The summed E-state index contributed by atoms with van der Waals surface area (Å²) < 4.78 is 27.1. The van der Waals surface area contributed by atoms with E-state index < -0.39 is 6.55 Å². The fourth-order valence-electron chi connectivity index (χ4n) is 3.15. The normalized spacial score (nSPS) is 18.0. The van der Waals surface area contributed by atoms with Crippen LogP contribution >= 0.6 is 11.6 Å². The van der Waals surface area contributed by atoms with E-state index in [4.69, 9.17) is 11.6 Å². The van der Waals surface area contributed by atoms with Gasteiger partial charge in [0.25, 0.3) is 5.91 Å². The number of halogens is 3. The lowest BCUT2D eigenvalue weighted by molar-refractivity contribution is 0.0566. The number of nitrogens with zero attached hydrogens (tertiary/aromatic N) is 2. The van der Waals surface area contributed by atoms with Gasteiger partial charge in [-0.1, -0.05) is 29.8 Å². The molecule has 1 aliphatic rings. The molecule has 0 radical (unpaired) electrons. The molecule has 2 heterocycles. The Morgan fingerprint density at radius 3 is 2.70 bits per heavy atom. The molecule has 0 spiro atoms. The van der Waals surface area contributed by atoms with Crippen LogP contribution in [0.25, 0.3) is 0 Å². The molecule has 0 saturated carbocycles. The van der Waals surface area contributed by atoms with Crippen LogP contribution in [-0.2, 0) is 0 Å². The third-order valence-electron chi connectivity index (χ3n) is 4.36. The number of aromatic nitrogens is 1. The van der Waals surface area contributed by atoms with Crippen molar-refractivity contribution in [1.29, 1.82) is 0 Å². The van der Waals surface area contributed by atoms with Crippen molar-refractivity contribution in [1.82, 2.24) is 9.47 Å². The molecule has 1 saturated heterocycles. The number of aryl methyl sites for hydroxylation is 1. The number of hydrogen-bond acceptors (Lipinski definition) is 1. The molecular formula is C17H17ClF2N2O. The Balaban J connectivity index is 1.80. The predicted octanol–water partition coefficient (Wildman–Crippen LogP) is 4.47.